The third-order valence-electron chi connectivity index (χ3n) is 3.90. The van der Waals surface area contributed by atoms with Crippen LogP contribution in [0.2, 0.25) is 0 Å². The lowest BCUT2D eigenvalue weighted by Crippen LogP contribution is -2.44. The van der Waals surface area contributed by atoms with E-state index < -0.39 is 0 Å². The van der Waals surface area contributed by atoms with Gasteiger partial charge in [-0.2, -0.15) is 0 Å². The quantitative estimate of drug-likeness (QED) is 0.862. The number of nitrogens with one attached hydrogen (secondary N) is 2. The molecule has 1 aliphatic rings. The van der Waals surface area contributed by atoms with Crippen LogP contribution in [0.5, 0.6) is 0 Å². The van der Waals surface area contributed by atoms with Crippen molar-refractivity contribution in [1.29, 1.82) is 0 Å². The van der Waals surface area contributed by atoms with Gasteiger partial charge in [-0.1, -0.05) is 31.2 Å². The molecule has 110 valence electrons. The Balaban J connectivity index is 1.99. The smallest absolute Gasteiger partial charge is 0.227 e. The Morgan fingerprint density at radius 3 is 2.85 bits per heavy atom. The Kier molecular flexibility index (Phi) is 5.15. The van der Waals surface area contributed by atoms with Crippen molar-refractivity contribution < 1.29 is 9.53 Å². The van der Waals surface area contributed by atoms with Crippen molar-refractivity contribution >= 4 is 5.91 Å². The highest BCUT2D eigenvalue weighted by Gasteiger charge is 2.34. The largest absolute Gasteiger partial charge is 0.379 e. The predicted octanol–water partition coefficient (Wildman–Crippen LogP) is 1.80. The number of likely N-dealkylation sites (N-methyl/N-ethyl adjacent to an activating group) is 1. The molecule has 1 amide bonds. The van der Waals surface area contributed by atoms with Crippen molar-refractivity contribution in [2.75, 3.05) is 19.8 Å². The van der Waals surface area contributed by atoms with Crippen LogP contribution < -0.4 is 10.6 Å². The van der Waals surface area contributed by atoms with Crippen LogP contribution >= 0.6 is 0 Å². The van der Waals surface area contributed by atoms with Gasteiger partial charge in [-0.25, -0.2) is 0 Å². The number of carbonyl (C=O) groups is 1. The first-order chi connectivity index (χ1) is 9.63. The predicted molar refractivity (Wildman–Crippen MR) is 79.5 cm³/mol. The minimum absolute atomic E-state index is 0.0200. The molecule has 3 atom stereocenters. The Morgan fingerprint density at radius 2 is 2.15 bits per heavy atom. The van der Waals surface area contributed by atoms with E-state index in [1.807, 2.05) is 26.0 Å². The average molecular weight is 276 g/mol. The summed E-state index contributed by atoms with van der Waals surface area (Å²) in [6, 6.07) is 8.30. The highest BCUT2D eigenvalue weighted by Crippen LogP contribution is 2.19. The van der Waals surface area contributed by atoms with Gasteiger partial charge in [0.25, 0.3) is 0 Å². The molecule has 4 nitrogen and oxygen atoms in total. The first kappa shape index (κ1) is 15.0. The number of hydrogen-bond donors (Lipinski definition) is 2. The van der Waals surface area contributed by atoms with Crippen LogP contribution in [0.25, 0.3) is 0 Å². The van der Waals surface area contributed by atoms with E-state index >= 15 is 0 Å². The minimum atomic E-state index is -0.0959. The monoisotopic (exact) mass is 276 g/mol. The van der Waals surface area contributed by atoms with E-state index in [2.05, 4.69) is 29.7 Å². The number of hydrogen-bond acceptors (Lipinski definition) is 3. The third kappa shape index (κ3) is 3.38. The Hall–Kier alpha value is -1.39. The second kappa shape index (κ2) is 6.86. The van der Waals surface area contributed by atoms with Crippen molar-refractivity contribution in [3.8, 4) is 0 Å². The van der Waals surface area contributed by atoms with Gasteiger partial charge in [0, 0.05) is 6.04 Å². The maximum absolute atomic E-state index is 12.4. The minimum Gasteiger partial charge on any atom is -0.379 e. The molecule has 0 bridgehead atoms. The Bertz CT molecular complexity index is 462. The van der Waals surface area contributed by atoms with E-state index in [1.54, 1.807) is 0 Å². The first-order valence-electron chi connectivity index (χ1n) is 7.30. The van der Waals surface area contributed by atoms with E-state index in [4.69, 9.17) is 4.74 Å². The van der Waals surface area contributed by atoms with Gasteiger partial charge in [-0.15, -0.1) is 0 Å². The molecule has 2 rings (SSSR count). The normalized spacial score (nSPS) is 23.6. The summed E-state index contributed by atoms with van der Waals surface area (Å²) in [7, 11) is 0. The summed E-state index contributed by atoms with van der Waals surface area (Å²) < 4.78 is 5.43. The van der Waals surface area contributed by atoms with Crippen LogP contribution in [0.1, 0.15) is 31.0 Å². The Morgan fingerprint density at radius 1 is 1.40 bits per heavy atom. The van der Waals surface area contributed by atoms with Crippen molar-refractivity contribution in [3.63, 3.8) is 0 Å². The fraction of sp³-hybridized carbons (Fsp3) is 0.562. The van der Waals surface area contributed by atoms with Gasteiger partial charge in [0.2, 0.25) is 5.91 Å². The molecule has 1 saturated heterocycles. The van der Waals surface area contributed by atoms with Crippen LogP contribution in [0.15, 0.2) is 24.3 Å². The van der Waals surface area contributed by atoms with Crippen LogP contribution in [0.3, 0.4) is 0 Å². The molecule has 1 fully saturated rings. The molecule has 1 aromatic rings. The van der Waals surface area contributed by atoms with E-state index in [9.17, 15) is 4.79 Å². The summed E-state index contributed by atoms with van der Waals surface area (Å²) in [6.07, 6.45) is 0. The van der Waals surface area contributed by atoms with Crippen LogP contribution in [0.4, 0.5) is 0 Å². The lowest BCUT2D eigenvalue weighted by Gasteiger charge is -2.22. The summed E-state index contributed by atoms with van der Waals surface area (Å²) in [6.45, 7) is 8.11. The zero-order valence-corrected chi connectivity index (χ0v) is 12.5. The van der Waals surface area contributed by atoms with Gasteiger partial charge in [-0.05, 0) is 31.5 Å². The lowest BCUT2D eigenvalue weighted by molar-refractivity contribution is -0.126. The molecule has 2 N–H and O–H groups in total. The molecular weight excluding hydrogens is 252 g/mol. The number of aryl methyl sites for hydroxylation is 1. The molecule has 4 heteroatoms. The lowest BCUT2D eigenvalue weighted by atomic mass is 9.99. The molecule has 0 saturated carbocycles. The van der Waals surface area contributed by atoms with Gasteiger partial charge < -0.3 is 15.4 Å². The second-order valence-corrected chi connectivity index (χ2v) is 5.39. The first-order valence-corrected chi connectivity index (χ1v) is 7.30. The summed E-state index contributed by atoms with van der Waals surface area (Å²) in [5.74, 6) is -0.0226. The van der Waals surface area contributed by atoms with E-state index in [0.29, 0.717) is 13.2 Å². The Labute approximate surface area is 120 Å². The SMILES string of the molecule is CCNC1COCC1C(=O)NC(C)c1ccccc1C. The topological polar surface area (TPSA) is 50.4 Å². The number of carbonyl (C=O) groups excluding carboxylic acids is 1. The molecule has 1 heterocycles. The maximum Gasteiger partial charge on any atom is 0.227 e. The van der Waals surface area contributed by atoms with E-state index in [-0.39, 0.29) is 23.9 Å². The molecule has 3 unspecified atom stereocenters. The summed E-state index contributed by atoms with van der Waals surface area (Å²) >= 11 is 0. The van der Waals surface area contributed by atoms with E-state index in [0.717, 1.165) is 6.54 Å². The van der Waals surface area contributed by atoms with Gasteiger partial charge in [0.05, 0.1) is 25.2 Å². The third-order valence-corrected chi connectivity index (χ3v) is 3.90. The molecule has 0 aromatic heterocycles. The number of rotatable bonds is 5. The van der Waals surface area contributed by atoms with Gasteiger partial charge >= 0.3 is 0 Å². The highest BCUT2D eigenvalue weighted by molar-refractivity contribution is 5.80. The molecule has 1 aromatic carbocycles. The summed E-state index contributed by atoms with van der Waals surface area (Å²) in [4.78, 5) is 12.4. The van der Waals surface area contributed by atoms with E-state index in [1.165, 1.54) is 11.1 Å². The fourth-order valence-electron chi connectivity index (χ4n) is 2.75. The van der Waals surface area contributed by atoms with Crippen molar-refractivity contribution in [2.45, 2.75) is 32.9 Å². The number of benzene rings is 1. The van der Waals surface area contributed by atoms with Crippen LogP contribution in [-0.2, 0) is 9.53 Å². The van der Waals surface area contributed by atoms with Gasteiger partial charge in [0.15, 0.2) is 0 Å². The fourth-order valence-corrected chi connectivity index (χ4v) is 2.75. The van der Waals surface area contributed by atoms with Crippen LogP contribution in [0, 0.1) is 12.8 Å². The van der Waals surface area contributed by atoms with Crippen molar-refractivity contribution in [2.24, 2.45) is 5.92 Å². The number of ether oxygens (including phenoxy) is 1. The van der Waals surface area contributed by atoms with Crippen LogP contribution in [-0.4, -0.2) is 31.7 Å². The average Bonchev–Trinajstić information content (AvgIpc) is 2.88. The standard InChI is InChI=1S/C16H24N2O2/c1-4-17-15-10-20-9-14(15)16(19)18-12(3)13-8-6-5-7-11(13)2/h5-8,12,14-15,17H,4,9-10H2,1-3H3,(H,18,19). The molecule has 20 heavy (non-hydrogen) atoms. The number of amides is 1. The zero-order chi connectivity index (χ0) is 14.5. The van der Waals surface area contributed by atoms with Gasteiger partial charge in [-0.3, -0.25) is 4.79 Å². The molecule has 0 aliphatic carbocycles. The molecule has 0 radical (unpaired) electrons. The summed E-state index contributed by atoms with van der Waals surface area (Å²) in [5.41, 5.74) is 2.37. The van der Waals surface area contributed by atoms with Crippen molar-refractivity contribution in [3.05, 3.63) is 35.4 Å². The van der Waals surface area contributed by atoms with Gasteiger partial charge in [0.1, 0.15) is 0 Å². The highest BCUT2D eigenvalue weighted by atomic mass is 16.5. The van der Waals surface area contributed by atoms with Crippen molar-refractivity contribution in [1.82, 2.24) is 10.6 Å². The molecule has 1 aliphatic heterocycles. The second-order valence-electron chi connectivity index (χ2n) is 5.39. The summed E-state index contributed by atoms with van der Waals surface area (Å²) in [5, 5.41) is 6.42. The maximum atomic E-state index is 12.4. The zero-order valence-electron chi connectivity index (χ0n) is 12.5. The molecular formula is C16H24N2O2. The molecule has 0 spiro atoms.